The Bertz CT molecular complexity index is 590. The summed E-state index contributed by atoms with van der Waals surface area (Å²) >= 11 is 6.69. The first-order valence-electron chi connectivity index (χ1n) is 6.44. The maximum Gasteiger partial charge on any atom is 0.244 e. The van der Waals surface area contributed by atoms with Crippen LogP contribution in [0, 0.1) is 0 Å². The van der Waals surface area contributed by atoms with Gasteiger partial charge >= 0.3 is 0 Å². The predicted molar refractivity (Wildman–Crippen MR) is 87.3 cm³/mol. The number of hydrogen-bond donors (Lipinski definition) is 0. The number of rotatable bonds is 4. The summed E-state index contributed by atoms with van der Waals surface area (Å²) in [5, 5.41) is 0. The van der Waals surface area contributed by atoms with Gasteiger partial charge in [0.05, 0.1) is 4.90 Å². The fourth-order valence-corrected chi connectivity index (χ4v) is 5.68. The van der Waals surface area contributed by atoms with Crippen LogP contribution >= 0.6 is 31.9 Å². The molecular weight excluding hydrogens is 408 g/mol. The monoisotopic (exact) mass is 424 g/mol. The van der Waals surface area contributed by atoms with Crippen molar-refractivity contribution in [3.05, 3.63) is 27.1 Å². The average molecular weight is 426 g/mol. The van der Waals surface area contributed by atoms with Gasteiger partial charge in [-0.3, -0.25) is 0 Å². The minimum atomic E-state index is -3.46. The Balaban J connectivity index is 2.36. The molecule has 1 aromatic rings. The Labute approximate surface area is 137 Å². The molecule has 1 heterocycles. The van der Waals surface area contributed by atoms with E-state index in [2.05, 4.69) is 31.9 Å². The predicted octanol–water partition coefficient (Wildman–Crippen LogP) is 2.93. The molecule has 4 nitrogen and oxygen atoms in total. The first kappa shape index (κ1) is 16.4. The lowest BCUT2D eigenvalue weighted by molar-refractivity contribution is 0.291. The molecule has 1 unspecified atom stereocenters. The zero-order valence-corrected chi connectivity index (χ0v) is 15.5. The largest absolute Gasteiger partial charge is 0.308 e. The molecule has 0 bridgehead atoms. The van der Waals surface area contributed by atoms with Crippen LogP contribution in [0.5, 0.6) is 0 Å². The van der Waals surface area contributed by atoms with Gasteiger partial charge in [-0.15, -0.1) is 0 Å². The number of sulfonamides is 1. The topological polar surface area (TPSA) is 40.6 Å². The average Bonchev–Trinajstić information content (AvgIpc) is 2.80. The van der Waals surface area contributed by atoms with Gasteiger partial charge in [-0.2, -0.15) is 4.31 Å². The second kappa shape index (κ2) is 6.44. The van der Waals surface area contributed by atoms with E-state index in [9.17, 15) is 8.42 Å². The summed E-state index contributed by atoms with van der Waals surface area (Å²) in [6.07, 6.45) is 1.84. The minimum Gasteiger partial charge on any atom is -0.308 e. The van der Waals surface area contributed by atoms with Gasteiger partial charge in [0.2, 0.25) is 10.0 Å². The van der Waals surface area contributed by atoms with Crippen LogP contribution in [0.1, 0.15) is 12.8 Å². The van der Waals surface area contributed by atoms with Gasteiger partial charge < -0.3 is 4.90 Å². The molecule has 1 saturated heterocycles. The molecular formula is C13H18Br2N2O2S. The third kappa shape index (κ3) is 3.44. The maximum atomic E-state index is 12.9. The molecule has 0 aliphatic carbocycles. The molecule has 1 atom stereocenters. The van der Waals surface area contributed by atoms with E-state index in [0.717, 1.165) is 23.9 Å². The maximum absolute atomic E-state index is 12.9. The molecule has 1 aromatic carbocycles. The number of benzene rings is 1. The first-order valence-corrected chi connectivity index (χ1v) is 9.46. The normalized spacial score (nSPS) is 20.8. The van der Waals surface area contributed by atoms with E-state index < -0.39 is 10.0 Å². The Hall–Kier alpha value is 0.0500. The zero-order chi connectivity index (χ0) is 14.9. The molecule has 1 fully saturated rings. The van der Waals surface area contributed by atoms with Gasteiger partial charge in [-0.1, -0.05) is 15.9 Å². The molecule has 0 spiro atoms. The molecule has 1 aliphatic rings. The molecule has 0 saturated carbocycles. The van der Waals surface area contributed by atoms with Crippen molar-refractivity contribution in [2.24, 2.45) is 0 Å². The van der Waals surface area contributed by atoms with E-state index in [-0.39, 0.29) is 6.04 Å². The van der Waals surface area contributed by atoms with Crippen LogP contribution in [-0.2, 0) is 10.0 Å². The third-order valence-corrected chi connectivity index (χ3v) is 6.82. The van der Waals surface area contributed by atoms with E-state index in [1.807, 2.05) is 25.1 Å². The molecule has 0 amide bonds. The number of halogens is 2. The van der Waals surface area contributed by atoms with E-state index in [1.165, 1.54) is 0 Å². The molecule has 1 aliphatic heterocycles. The molecule has 0 radical (unpaired) electrons. The van der Waals surface area contributed by atoms with Gasteiger partial charge in [0, 0.05) is 28.1 Å². The van der Waals surface area contributed by atoms with Crippen molar-refractivity contribution in [1.82, 2.24) is 9.21 Å². The molecule has 20 heavy (non-hydrogen) atoms. The summed E-state index contributed by atoms with van der Waals surface area (Å²) in [6.45, 7) is 1.35. The van der Waals surface area contributed by atoms with E-state index in [0.29, 0.717) is 15.9 Å². The molecule has 0 aromatic heterocycles. The van der Waals surface area contributed by atoms with E-state index in [4.69, 9.17) is 0 Å². The Morgan fingerprint density at radius 3 is 2.70 bits per heavy atom. The van der Waals surface area contributed by atoms with Crippen LogP contribution < -0.4 is 0 Å². The van der Waals surface area contributed by atoms with Gasteiger partial charge in [-0.25, -0.2) is 8.42 Å². The summed E-state index contributed by atoms with van der Waals surface area (Å²) in [7, 11) is 0.484. The van der Waals surface area contributed by atoms with Gasteiger partial charge in [0.1, 0.15) is 0 Å². The smallest absolute Gasteiger partial charge is 0.244 e. The number of nitrogens with zero attached hydrogens (tertiary/aromatic N) is 2. The molecule has 0 N–H and O–H groups in total. The second-order valence-electron chi connectivity index (χ2n) is 5.25. The summed E-state index contributed by atoms with van der Waals surface area (Å²) in [4.78, 5) is 2.37. The number of hydrogen-bond acceptors (Lipinski definition) is 3. The first-order chi connectivity index (χ1) is 9.32. The van der Waals surface area contributed by atoms with Gasteiger partial charge in [-0.05, 0) is 61.1 Å². The van der Waals surface area contributed by atoms with Crippen molar-refractivity contribution >= 4 is 41.9 Å². The second-order valence-corrected chi connectivity index (χ2v) is 8.88. The summed E-state index contributed by atoms with van der Waals surface area (Å²) in [6, 6.07) is 5.30. The van der Waals surface area contributed by atoms with Crippen molar-refractivity contribution in [3.63, 3.8) is 0 Å². The van der Waals surface area contributed by atoms with Crippen molar-refractivity contribution < 1.29 is 8.42 Å². The molecule has 112 valence electrons. The standard InChI is InChI=1S/C13H18Br2N2O2S/c1-16(2)9-11-4-3-7-17(11)20(18,19)13-8-10(14)5-6-12(13)15/h5-6,8,11H,3-4,7,9H2,1-2H3. The fraction of sp³-hybridized carbons (Fsp3) is 0.538. The molecule has 7 heteroatoms. The van der Waals surface area contributed by atoms with Crippen molar-refractivity contribution in [2.75, 3.05) is 27.2 Å². The highest BCUT2D eigenvalue weighted by Gasteiger charge is 2.36. The van der Waals surface area contributed by atoms with Crippen LogP contribution in [0.15, 0.2) is 32.0 Å². The van der Waals surface area contributed by atoms with Crippen LogP contribution in [-0.4, -0.2) is 50.8 Å². The fourth-order valence-electron chi connectivity index (χ4n) is 2.53. The highest BCUT2D eigenvalue weighted by molar-refractivity contribution is 9.11. The quantitative estimate of drug-likeness (QED) is 0.744. The Kier molecular flexibility index (Phi) is 5.29. The van der Waals surface area contributed by atoms with E-state index in [1.54, 1.807) is 16.4 Å². The van der Waals surface area contributed by atoms with E-state index >= 15 is 0 Å². The van der Waals surface area contributed by atoms with Crippen molar-refractivity contribution in [3.8, 4) is 0 Å². The SMILES string of the molecule is CN(C)CC1CCCN1S(=O)(=O)c1cc(Br)ccc1Br. The van der Waals surface area contributed by atoms with Gasteiger partial charge in [0.25, 0.3) is 0 Å². The summed E-state index contributed by atoms with van der Waals surface area (Å²) < 4.78 is 28.7. The lowest BCUT2D eigenvalue weighted by Crippen LogP contribution is -2.41. The summed E-state index contributed by atoms with van der Waals surface area (Å²) in [5.74, 6) is 0. The minimum absolute atomic E-state index is 0.0564. The van der Waals surface area contributed by atoms with Crippen LogP contribution in [0.25, 0.3) is 0 Å². The lowest BCUT2D eigenvalue weighted by atomic mass is 10.2. The van der Waals surface area contributed by atoms with Crippen LogP contribution in [0.2, 0.25) is 0 Å². The van der Waals surface area contributed by atoms with Crippen LogP contribution in [0.3, 0.4) is 0 Å². The highest BCUT2D eigenvalue weighted by Crippen LogP contribution is 2.32. The Morgan fingerprint density at radius 1 is 1.35 bits per heavy atom. The Morgan fingerprint density at radius 2 is 2.05 bits per heavy atom. The van der Waals surface area contributed by atoms with Crippen molar-refractivity contribution in [1.29, 1.82) is 0 Å². The summed E-state index contributed by atoms with van der Waals surface area (Å²) in [5.41, 5.74) is 0. The third-order valence-electron chi connectivity index (χ3n) is 3.38. The molecule has 2 rings (SSSR count). The number of likely N-dealkylation sites (N-methyl/N-ethyl adjacent to an activating group) is 1. The van der Waals surface area contributed by atoms with Crippen molar-refractivity contribution in [2.45, 2.75) is 23.8 Å². The highest BCUT2D eigenvalue weighted by atomic mass is 79.9. The van der Waals surface area contributed by atoms with Crippen LogP contribution in [0.4, 0.5) is 0 Å². The lowest BCUT2D eigenvalue weighted by Gasteiger charge is -2.26. The zero-order valence-electron chi connectivity index (χ0n) is 11.5. The van der Waals surface area contributed by atoms with Gasteiger partial charge in [0.15, 0.2) is 0 Å².